The maximum Gasteiger partial charge on any atom is 0.302 e. The molecule has 0 spiro atoms. The number of nitro benzene ring substituents is 2. The van der Waals surface area contributed by atoms with Gasteiger partial charge in [0.05, 0.1) is 20.8 Å². The van der Waals surface area contributed by atoms with Crippen molar-refractivity contribution in [3.63, 3.8) is 0 Å². The Morgan fingerprint density at radius 1 is 1.12 bits per heavy atom. The quantitative estimate of drug-likeness (QED) is 0.433. The maximum absolute atomic E-state index is 11.2. The first-order valence-electron chi connectivity index (χ1n) is 8.13. The van der Waals surface area contributed by atoms with Gasteiger partial charge in [-0.3, -0.25) is 25.0 Å². The Balaban J connectivity index is 2.10. The summed E-state index contributed by atoms with van der Waals surface area (Å²) >= 11 is 1.38. The van der Waals surface area contributed by atoms with Gasteiger partial charge in [0, 0.05) is 18.2 Å². The van der Waals surface area contributed by atoms with Crippen LogP contribution >= 0.6 is 11.8 Å². The molecule has 0 amide bonds. The lowest BCUT2D eigenvalue weighted by molar-refractivity contribution is -0.396. The number of nitro groups is 2. The molecule has 8 nitrogen and oxygen atoms in total. The molecule has 2 unspecified atom stereocenters. The second-order valence-corrected chi connectivity index (χ2v) is 7.34. The van der Waals surface area contributed by atoms with Gasteiger partial charge in [-0.15, -0.1) is 11.8 Å². The molecule has 1 aromatic rings. The summed E-state index contributed by atoms with van der Waals surface area (Å²) in [4.78, 5) is 32.4. The molecule has 0 heterocycles. The normalized spacial score (nSPS) is 21.0. The van der Waals surface area contributed by atoms with Gasteiger partial charge in [0.1, 0.15) is 6.10 Å². The Morgan fingerprint density at radius 3 is 2.48 bits per heavy atom. The Morgan fingerprint density at radius 2 is 1.84 bits per heavy atom. The van der Waals surface area contributed by atoms with Crippen molar-refractivity contribution in [3.8, 4) is 0 Å². The molecule has 0 N–H and O–H groups in total. The fraction of sp³-hybridized carbons (Fsp3) is 0.562. The fourth-order valence-corrected chi connectivity index (χ4v) is 4.21. The lowest BCUT2D eigenvalue weighted by atomic mass is 9.98. The average Bonchev–Trinajstić information content (AvgIpc) is 2.52. The summed E-state index contributed by atoms with van der Waals surface area (Å²) in [7, 11) is 0. The van der Waals surface area contributed by atoms with Crippen LogP contribution in [0.1, 0.15) is 45.4 Å². The third-order valence-electron chi connectivity index (χ3n) is 4.09. The topological polar surface area (TPSA) is 113 Å². The lowest BCUT2D eigenvalue weighted by Gasteiger charge is -2.24. The van der Waals surface area contributed by atoms with Crippen LogP contribution in [-0.2, 0) is 9.53 Å². The molecule has 0 aliphatic heterocycles. The molecule has 9 heteroatoms. The summed E-state index contributed by atoms with van der Waals surface area (Å²) in [5, 5.41) is 22.2. The molecule has 136 valence electrons. The standard InChI is InChI=1S/C16H20N2O6S/c1-11(19)24-13-4-2-3-5-14(8-7-13)25-16-9-6-12(17(20)21)10-15(16)18(22)23/h6,9-10,13-14H,2-5,7-8H2,1H3. The van der Waals surface area contributed by atoms with Crippen LogP contribution in [0.3, 0.4) is 0 Å². The van der Waals surface area contributed by atoms with Gasteiger partial charge < -0.3 is 4.74 Å². The summed E-state index contributed by atoms with van der Waals surface area (Å²) in [6.07, 6.45) is 5.04. The molecule has 1 aliphatic rings. The van der Waals surface area contributed by atoms with Crippen molar-refractivity contribution in [3.05, 3.63) is 38.4 Å². The fourth-order valence-electron chi connectivity index (χ4n) is 2.92. The Hall–Kier alpha value is -2.16. The van der Waals surface area contributed by atoms with Crippen molar-refractivity contribution in [2.24, 2.45) is 0 Å². The van der Waals surface area contributed by atoms with Gasteiger partial charge in [-0.2, -0.15) is 0 Å². The molecule has 1 saturated carbocycles. The zero-order valence-electron chi connectivity index (χ0n) is 13.9. The summed E-state index contributed by atoms with van der Waals surface area (Å²) < 4.78 is 5.30. The predicted molar refractivity (Wildman–Crippen MR) is 92.7 cm³/mol. The van der Waals surface area contributed by atoms with E-state index in [9.17, 15) is 25.0 Å². The number of hydrogen-bond acceptors (Lipinski definition) is 7. The minimum atomic E-state index is -0.638. The highest BCUT2D eigenvalue weighted by Crippen LogP contribution is 2.39. The zero-order chi connectivity index (χ0) is 18.4. The van der Waals surface area contributed by atoms with Crippen LogP contribution in [0.25, 0.3) is 0 Å². The lowest BCUT2D eigenvalue weighted by Crippen LogP contribution is -2.20. The van der Waals surface area contributed by atoms with Crippen LogP contribution in [0, 0.1) is 20.2 Å². The number of non-ortho nitro benzene ring substituents is 1. The number of rotatable bonds is 5. The molecule has 2 atom stereocenters. The number of ether oxygens (including phenoxy) is 1. The van der Waals surface area contributed by atoms with Crippen LogP contribution in [0.5, 0.6) is 0 Å². The Kier molecular flexibility index (Phi) is 6.74. The molecule has 1 fully saturated rings. The molecule has 0 aromatic heterocycles. The molecule has 1 aromatic carbocycles. The predicted octanol–water partition coefficient (Wildman–Crippen LogP) is 4.25. The second kappa shape index (κ2) is 8.80. The monoisotopic (exact) mass is 368 g/mol. The molecule has 2 rings (SSSR count). The first-order valence-corrected chi connectivity index (χ1v) is 9.01. The van der Waals surface area contributed by atoms with Crippen LogP contribution in [0.4, 0.5) is 11.4 Å². The molecular weight excluding hydrogens is 348 g/mol. The van der Waals surface area contributed by atoms with Crippen molar-refractivity contribution < 1.29 is 19.4 Å². The molecule has 0 saturated heterocycles. The van der Waals surface area contributed by atoms with Crippen LogP contribution in [0.15, 0.2) is 23.1 Å². The van der Waals surface area contributed by atoms with Gasteiger partial charge in [0.2, 0.25) is 0 Å². The average molecular weight is 368 g/mol. The number of thioether (sulfide) groups is 1. The molecule has 25 heavy (non-hydrogen) atoms. The van der Waals surface area contributed by atoms with Gasteiger partial charge in [-0.05, 0) is 38.2 Å². The van der Waals surface area contributed by atoms with Crippen LogP contribution in [0.2, 0.25) is 0 Å². The number of esters is 1. The van der Waals surface area contributed by atoms with E-state index < -0.39 is 9.85 Å². The highest BCUT2D eigenvalue weighted by atomic mass is 32.2. The minimum Gasteiger partial charge on any atom is -0.463 e. The Labute approximate surface area is 149 Å². The van der Waals surface area contributed by atoms with Gasteiger partial charge in [0.25, 0.3) is 11.4 Å². The SMILES string of the molecule is CC(=O)OC1CCCCC(Sc2ccc([N+](=O)[O-])cc2[N+](=O)[O-])CC1. The van der Waals surface area contributed by atoms with E-state index in [2.05, 4.69) is 0 Å². The smallest absolute Gasteiger partial charge is 0.302 e. The van der Waals surface area contributed by atoms with Gasteiger partial charge in [-0.1, -0.05) is 6.42 Å². The minimum absolute atomic E-state index is 0.104. The van der Waals surface area contributed by atoms with E-state index in [4.69, 9.17) is 4.74 Å². The van der Waals surface area contributed by atoms with Crippen molar-refractivity contribution in [1.29, 1.82) is 0 Å². The van der Waals surface area contributed by atoms with Gasteiger partial charge in [-0.25, -0.2) is 0 Å². The van der Waals surface area contributed by atoms with Crippen LogP contribution in [-0.4, -0.2) is 27.2 Å². The van der Waals surface area contributed by atoms with Crippen molar-refractivity contribution in [2.75, 3.05) is 0 Å². The molecule has 0 bridgehead atoms. The van der Waals surface area contributed by atoms with Gasteiger partial charge >= 0.3 is 5.97 Å². The van der Waals surface area contributed by atoms with E-state index >= 15 is 0 Å². The van der Waals surface area contributed by atoms with E-state index in [1.165, 1.54) is 30.8 Å². The number of carbonyl (C=O) groups is 1. The largest absolute Gasteiger partial charge is 0.463 e. The van der Waals surface area contributed by atoms with E-state index in [1.807, 2.05) is 0 Å². The highest BCUT2D eigenvalue weighted by molar-refractivity contribution is 8.00. The van der Waals surface area contributed by atoms with E-state index in [-0.39, 0.29) is 28.7 Å². The van der Waals surface area contributed by atoms with Crippen molar-refractivity contribution in [1.82, 2.24) is 0 Å². The first-order chi connectivity index (χ1) is 11.9. The molecule has 0 radical (unpaired) electrons. The summed E-state index contributed by atoms with van der Waals surface area (Å²) in [5.41, 5.74) is -0.526. The number of hydrogen-bond donors (Lipinski definition) is 0. The summed E-state index contributed by atoms with van der Waals surface area (Å²) in [6, 6.07) is 3.75. The molecular formula is C16H20N2O6S. The maximum atomic E-state index is 11.2. The van der Waals surface area contributed by atoms with Crippen LogP contribution < -0.4 is 0 Å². The third-order valence-corrected chi connectivity index (χ3v) is 5.49. The molecule has 1 aliphatic carbocycles. The Bertz CT molecular complexity index is 666. The number of carbonyl (C=O) groups excluding carboxylic acids is 1. The summed E-state index contributed by atoms with van der Waals surface area (Å²) in [5.74, 6) is -0.291. The van der Waals surface area contributed by atoms with E-state index in [0.29, 0.717) is 4.90 Å². The highest BCUT2D eigenvalue weighted by Gasteiger charge is 2.25. The third kappa shape index (κ3) is 5.70. The van der Waals surface area contributed by atoms with E-state index in [1.54, 1.807) is 0 Å². The summed E-state index contributed by atoms with van der Waals surface area (Å²) in [6.45, 7) is 1.39. The second-order valence-electron chi connectivity index (χ2n) is 6.00. The number of nitrogens with zero attached hydrogens (tertiary/aromatic N) is 2. The van der Waals surface area contributed by atoms with E-state index in [0.717, 1.165) is 44.6 Å². The number of benzene rings is 1. The van der Waals surface area contributed by atoms with Crippen molar-refractivity contribution in [2.45, 2.75) is 61.7 Å². The van der Waals surface area contributed by atoms with Gasteiger partial charge in [0.15, 0.2) is 0 Å². The zero-order valence-corrected chi connectivity index (χ0v) is 14.7. The van der Waals surface area contributed by atoms with Crippen molar-refractivity contribution >= 4 is 29.1 Å². The first kappa shape index (κ1) is 19.2.